The van der Waals surface area contributed by atoms with Crippen molar-refractivity contribution >= 4 is 11.5 Å². The Morgan fingerprint density at radius 2 is 2.00 bits per heavy atom. The van der Waals surface area contributed by atoms with Crippen LogP contribution in [-0.4, -0.2) is 31.6 Å². The van der Waals surface area contributed by atoms with E-state index in [0.29, 0.717) is 18.7 Å². The van der Waals surface area contributed by atoms with Crippen LogP contribution in [0.4, 0.5) is 11.5 Å². The van der Waals surface area contributed by atoms with Gasteiger partial charge in [0.05, 0.1) is 35.9 Å². The summed E-state index contributed by atoms with van der Waals surface area (Å²) in [6, 6.07) is 18.6. The Labute approximate surface area is 186 Å². The number of rotatable bonds is 5. The van der Waals surface area contributed by atoms with Crippen molar-refractivity contribution in [2.75, 3.05) is 16.5 Å². The SMILES string of the molecule is Cc1ccc(N2CCc3ncnc(N(Cc4ccccc4)n4ccnn4)c3C2)c(C#N)c1. The van der Waals surface area contributed by atoms with Crippen molar-refractivity contribution in [2.24, 2.45) is 0 Å². The van der Waals surface area contributed by atoms with Crippen LogP contribution in [-0.2, 0) is 19.5 Å². The Balaban J connectivity index is 1.55. The predicted molar refractivity (Wildman–Crippen MR) is 121 cm³/mol. The van der Waals surface area contributed by atoms with Gasteiger partial charge in [0.15, 0.2) is 5.82 Å². The zero-order valence-corrected chi connectivity index (χ0v) is 17.8. The third-order valence-corrected chi connectivity index (χ3v) is 5.67. The highest BCUT2D eigenvalue weighted by molar-refractivity contribution is 5.63. The minimum Gasteiger partial charge on any atom is -0.366 e. The first kappa shape index (κ1) is 19.7. The lowest BCUT2D eigenvalue weighted by atomic mass is 10.0. The van der Waals surface area contributed by atoms with E-state index in [2.05, 4.69) is 43.4 Å². The molecule has 0 radical (unpaired) electrons. The number of benzene rings is 2. The molecule has 1 aliphatic heterocycles. The van der Waals surface area contributed by atoms with Gasteiger partial charge in [-0.3, -0.25) is 0 Å². The first-order valence-electron chi connectivity index (χ1n) is 10.5. The summed E-state index contributed by atoms with van der Waals surface area (Å²) in [5.74, 6) is 0.791. The van der Waals surface area contributed by atoms with E-state index in [9.17, 15) is 5.26 Å². The molecule has 4 aromatic rings. The Kier molecular flexibility index (Phi) is 5.22. The van der Waals surface area contributed by atoms with E-state index in [0.717, 1.165) is 46.9 Å². The lowest BCUT2D eigenvalue weighted by Gasteiger charge is -2.33. The van der Waals surface area contributed by atoms with Crippen molar-refractivity contribution in [3.05, 3.63) is 95.2 Å². The molecule has 32 heavy (non-hydrogen) atoms. The van der Waals surface area contributed by atoms with Gasteiger partial charge in [0, 0.05) is 25.1 Å². The fourth-order valence-corrected chi connectivity index (χ4v) is 4.10. The van der Waals surface area contributed by atoms with Gasteiger partial charge in [-0.1, -0.05) is 36.4 Å². The molecular formula is C24H22N8. The molecule has 5 rings (SSSR count). The summed E-state index contributed by atoms with van der Waals surface area (Å²) in [5.41, 5.74) is 5.89. The van der Waals surface area contributed by atoms with E-state index in [4.69, 9.17) is 0 Å². The largest absolute Gasteiger partial charge is 0.366 e. The molecular weight excluding hydrogens is 400 g/mol. The molecule has 2 aromatic carbocycles. The molecule has 0 unspecified atom stereocenters. The second-order valence-corrected chi connectivity index (χ2v) is 7.79. The lowest BCUT2D eigenvalue weighted by molar-refractivity contribution is 0.571. The number of nitriles is 1. The van der Waals surface area contributed by atoms with Gasteiger partial charge in [0.25, 0.3) is 0 Å². The van der Waals surface area contributed by atoms with Crippen LogP contribution in [0.5, 0.6) is 0 Å². The molecule has 8 nitrogen and oxygen atoms in total. The van der Waals surface area contributed by atoms with Gasteiger partial charge in [0.1, 0.15) is 12.4 Å². The van der Waals surface area contributed by atoms with Crippen molar-refractivity contribution < 1.29 is 0 Å². The third kappa shape index (κ3) is 3.76. The fraction of sp³-hybridized carbons (Fsp3) is 0.208. The number of hydrogen-bond acceptors (Lipinski definition) is 7. The van der Waals surface area contributed by atoms with Gasteiger partial charge in [-0.15, -0.1) is 5.10 Å². The Morgan fingerprint density at radius 3 is 2.78 bits per heavy atom. The smallest absolute Gasteiger partial charge is 0.157 e. The molecule has 0 spiro atoms. The average Bonchev–Trinajstić information content (AvgIpc) is 3.37. The monoisotopic (exact) mass is 422 g/mol. The number of anilines is 2. The highest BCUT2D eigenvalue weighted by Gasteiger charge is 2.26. The van der Waals surface area contributed by atoms with Gasteiger partial charge in [0.2, 0.25) is 0 Å². The van der Waals surface area contributed by atoms with Crippen molar-refractivity contribution in [1.82, 2.24) is 25.1 Å². The van der Waals surface area contributed by atoms with Crippen LogP contribution in [0, 0.1) is 18.3 Å². The number of aromatic nitrogens is 5. The molecule has 3 heterocycles. The Morgan fingerprint density at radius 1 is 1.12 bits per heavy atom. The van der Waals surface area contributed by atoms with Gasteiger partial charge < -0.3 is 4.90 Å². The van der Waals surface area contributed by atoms with Gasteiger partial charge >= 0.3 is 0 Å². The molecule has 0 amide bonds. The van der Waals surface area contributed by atoms with Gasteiger partial charge in [-0.2, -0.15) is 10.1 Å². The molecule has 0 fully saturated rings. The highest BCUT2D eigenvalue weighted by Crippen LogP contribution is 2.31. The van der Waals surface area contributed by atoms with E-state index in [-0.39, 0.29) is 0 Å². The maximum atomic E-state index is 9.67. The van der Waals surface area contributed by atoms with Crippen LogP contribution in [0.2, 0.25) is 0 Å². The first-order valence-corrected chi connectivity index (χ1v) is 10.5. The first-order chi connectivity index (χ1) is 15.7. The summed E-state index contributed by atoms with van der Waals surface area (Å²) in [6.45, 7) is 4.00. The second kappa shape index (κ2) is 8.47. The second-order valence-electron chi connectivity index (χ2n) is 7.79. The van der Waals surface area contributed by atoms with Crippen LogP contribution in [0.25, 0.3) is 0 Å². The molecule has 0 N–H and O–H groups in total. The van der Waals surface area contributed by atoms with Crippen LogP contribution < -0.4 is 9.91 Å². The minimum atomic E-state index is 0.585. The molecule has 2 aromatic heterocycles. The van der Waals surface area contributed by atoms with E-state index in [1.165, 1.54) is 0 Å². The molecule has 0 bridgehead atoms. The average molecular weight is 422 g/mol. The summed E-state index contributed by atoms with van der Waals surface area (Å²) < 4.78 is 0. The molecule has 0 saturated carbocycles. The summed E-state index contributed by atoms with van der Waals surface area (Å²) in [7, 11) is 0. The maximum Gasteiger partial charge on any atom is 0.157 e. The molecule has 0 atom stereocenters. The van der Waals surface area contributed by atoms with E-state index < -0.39 is 0 Å². The minimum absolute atomic E-state index is 0.585. The van der Waals surface area contributed by atoms with Gasteiger partial charge in [-0.25, -0.2) is 15.0 Å². The van der Waals surface area contributed by atoms with Crippen LogP contribution in [0.1, 0.15) is 27.9 Å². The number of nitrogens with zero attached hydrogens (tertiary/aromatic N) is 8. The normalized spacial score (nSPS) is 12.8. The summed E-state index contributed by atoms with van der Waals surface area (Å²) in [6.07, 6.45) is 5.86. The predicted octanol–water partition coefficient (Wildman–Crippen LogP) is 3.28. The number of aryl methyl sites for hydroxylation is 1. The maximum absolute atomic E-state index is 9.67. The standard InChI is InChI=1S/C24H22N8/c1-18-7-8-23(20(13-18)14-25)30-11-9-22-21(16-30)24(27-17-26-22)31(32-12-10-28-29-32)15-19-5-3-2-4-6-19/h2-8,10,12-13,17H,9,11,15-16H2,1H3. The molecule has 1 aliphatic rings. The van der Waals surface area contributed by atoms with Crippen LogP contribution in [0.3, 0.4) is 0 Å². The number of hydrogen-bond donors (Lipinski definition) is 0. The van der Waals surface area contributed by atoms with Crippen molar-refractivity contribution in [3.63, 3.8) is 0 Å². The lowest BCUT2D eigenvalue weighted by Crippen LogP contribution is -2.36. The van der Waals surface area contributed by atoms with Gasteiger partial charge in [-0.05, 0) is 35.4 Å². The molecule has 0 saturated heterocycles. The highest BCUT2D eigenvalue weighted by atomic mass is 15.7. The van der Waals surface area contributed by atoms with Crippen molar-refractivity contribution in [3.8, 4) is 6.07 Å². The van der Waals surface area contributed by atoms with Crippen LogP contribution >= 0.6 is 0 Å². The summed E-state index contributed by atoms with van der Waals surface area (Å²) in [4.78, 5) is 13.2. The zero-order chi connectivity index (χ0) is 21.9. The zero-order valence-electron chi connectivity index (χ0n) is 17.8. The van der Waals surface area contributed by atoms with E-state index >= 15 is 0 Å². The number of fused-ring (bicyclic) bond motifs is 1. The Hall–Kier alpha value is -4.25. The van der Waals surface area contributed by atoms with Crippen molar-refractivity contribution in [2.45, 2.75) is 26.4 Å². The quantitative estimate of drug-likeness (QED) is 0.488. The van der Waals surface area contributed by atoms with E-state index in [1.54, 1.807) is 17.3 Å². The third-order valence-electron chi connectivity index (χ3n) is 5.67. The van der Waals surface area contributed by atoms with Crippen molar-refractivity contribution in [1.29, 1.82) is 5.26 Å². The Bertz CT molecular complexity index is 1260. The summed E-state index contributed by atoms with van der Waals surface area (Å²) >= 11 is 0. The fourth-order valence-electron chi connectivity index (χ4n) is 4.10. The van der Waals surface area contributed by atoms with Crippen LogP contribution in [0.15, 0.2) is 67.3 Å². The molecule has 158 valence electrons. The topological polar surface area (TPSA) is 86.8 Å². The summed E-state index contributed by atoms with van der Waals surface area (Å²) in [5, 5.41) is 19.9. The molecule has 8 heteroatoms. The van der Waals surface area contributed by atoms with E-state index in [1.807, 2.05) is 54.5 Å². The molecule has 0 aliphatic carbocycles.